The molecule has 5 aromatic rings. The minimum absolute atomic E-state index is 0.0725. The van der Waals surface area contributed by atoms with Gasteiger partial charge in [0.1, 0.15) is 0 Å². The van der Waals surface area contributed by atoms with Crippen molar-refractivity contribution in [1.82, 2.24) is 4.98 Å². The highest BCUT2D eigenvalue weighted by Crippen LogP contribution is 2.35. The summed E-state index contributed by atoms with van der Waals surface area (Å²) in [7, 11) is 0. The summed E-state index contributed by atoms with van der Waals surface area (Å²) in [5.41, 5.74) is 14.7. The van der Waals surface area contributed by atoms with Crippen LogP contribution in [0.25, 0.3) is 22.3 Å². The Bertz CT molecular complexity index is 1500. The topological polar surface area (TPSA) is 51.3 Å². The Morgan fingerprint density at radius 3 is 1.88 bits per heavy atom. The third-order valence-corrected chi connectivity index (χ3v) is 7.13. The number of benzene rings is 4. The Balaban J connectivity index is 0.000000219. The molecule has 4 aromatic carbocycles. The van der Waals surface area contributed by atoms with Gasteiger partial charge in [-0.2, -0.15) is 0 Å². The van der Waals surface area contributed by atoms with Gasteiger partial charge in [-0.1, -0.05) is 125 Å². The van der Waals surface area contributed by atoms with Gasteiger partial charge in [0.05, 0.1) is 6.67 Å². The number of nitrogens with two attached hydrogens (primary N) is 1. The predicted octanol–water partition coefficient (Wildman–Crippen LogP) is 9.47. The fraction of sp³-hybridized carbons (Fsp3) is 0.189. The first kappa shape index (κ1) is 31.5. The molecule has 3 nitrogen and oxygen atoms in total. The van der Waals surface area contributed by atoms with Gasteiger partial charge in [-0.25, -0.2) is 0 Å². The molecular formula is C37H41N3S. The molecule has 0 bridgehead atoms. The average molecular weight is 560 g/mol. The zero-order valence-corrected chi connectivity index (χ0v) is 25.6. The van der Waals surface area contributed by atoms with Crippen LogP contribution in [0, 0.1) is 0 Å². The minimum Gasteiger partial charge on any atom is -0.312 e. The lowest BCUT2D eigenvalue weighted by Gasteiger charge is -2.27. The summed E-state index contributed by atoms with van der Waals surface area (Å²) in [4.78, 5) is 9.38. The van der Waals surface area contributed by atoms with E-state index in [9.17, 15) is 0 Å². The van der Waals surface area contributed by atoms with Crippen LogP contribution in [0.4, 0.5) is 0 Å². The van der Waals surface area contributed by atoms with E-state index in [0.717, 1.165) is 27.3 Å². The fourth-order valence-electron chi connectivity index (χ4n) is 4.46. The number of pyridine rings is 1. The Hall–Kier alpha value is -3.99. The summed E-state index contributed by atoms with van der Waals surface area (Å²) >= 11 is 4.60. The lowest BCUT2D eigenvalue weighted by molar-refractivity contribution is 0.639. The van der Waals surface area contributed by atoms with E-state index < -0.39 is 0 Å². The number of rotatable bonds is 6. The summed E-state index contributed by atoms with van der Waals surface area (Å²) in [6.45, 7) is 10.8. The summed E-state index contributed by atoms with van der Waals surface area (Å²) in [5.74, 6) is 0. The fourth-order valence-corrected chi connectivity index (χ4v) is 4.73. The number of aromatic nitrogens is 1. The van der Waals surface area contributed by atoms with Crippen molar-refractivity contribution in [3.05, 3.63) is 144 Å². The maximum atomic E-state index is 5.40. The molecule has 5 rings (SSSR count). The molecule has 0 spiro atoms. The van der Waals surface area contributed by atoms with Gasteiger partial charge >= 0.3 is 0 Å². The quantitative estimate of drug-likeness (QED) is 0.161. The molecule has 41 heavy (non-hydrogen) atoms. The van der Waals surface area contributed by atoms with Crippen LogP contribution in [0.1, 0.15) is 51.3 Å². The van der Waals surface area contributed by atoms with Crippen molar-refractivity contribution in [2.75, 3.05) is 6.67 Å². The van der Waals surface area contributed by atoms with E-state index in [2.05, 4.69) is 127 Å². The molecule has 0 radical (unpaired) electrons. The molecule has 0 aliphatic carbocycles. The van der Waals surface area contributed by atoms with Gasteiger partial charge in [-0.05, 0) is 58.5 Å². The van der Waals surface area contributed by atoms with Gasteiger partial charge in [0.25, 0.3) is 0 Å². The molecular weight excluding hydrogens is 518 g/mol. The maximum Gasteiger partial charge on any atom is 0.0862 e. The van der Waals surface area contributed by atoms with Crippen LogP contribution in [0.15, 0.2) is 138 Å². The van der Waals surface area contributed by atoms with Crippen LogP contribution in [0.5, 0.6) is 0 Å². The first-order valence-corrected chi connectivity index (χ1v) is 14.5. The monoisotopic (exact) mass is 559 g/mol. The lowest BCUT2D eigenvalue weighted by atomic mass is 9.77. The van der Waals surface area contributed by atoms with E-state index in [1.54, 1.807) is 6.20 Å². The molecule has 1 aromatic heterocycles. The smallest absolute Gasteiger partial charge is 0.0862 e. The largest absolute Gasteiger partial charge is 0.312 e. The maximum absolute atomic E-state index is 5.40. The molecule has 0 atom stereocenters. The molecule has 0 saturated heterocycles. The molecule has 0 amide bonds. The van der Waals surface area contributed by atoms with Crippen molar-refractivity contribution < 1.29 is 0 Å². The van der Waals surface area contributed by atoms with Gasteiger partial charge in [-0.15, -0.1) is 12.6 Å². The normalized spacial score (nSPS) is 11.0. The summed E-state index contributed by atoms with van der Waals surface area (Å²) in [6, 6.07) is 39.8. The molecule has 0 saturated carbocycles. The van der Waals surface area contributed by atoms with Crippen molar-refractivity contribution in [3.8, 4) is 22.3 Å². The van der Waals surface area contributed by atoms with Gasteiger partial charge in [0, 0.05) is 34.0 Å². The van der Waals surface area contributed by atoms with E-state index in [1.165, 1.54) is 22.3 Å². The standard InChI is InChI=1S/C20H19NS.C15H16N2.C2H6/c1-20(2,17-8-4-3-5-9-17)18-11-16(12-19(22)13-18)15-7-6-10-21-14-15;1-12(17-11-16)13-7-9-15(10-8-13)14-5-3-2-4-6-14;1-2/h3-14,22H,1-2H3;2-10H,11,16H2,1H3;1-2H3/b;17-12+;. The van der Waals surface area contributed by atoms with Crippen molar-refractivity contribution in [3.63, 3.8) is 0 Å². The number of hydrogen-bond acceptors (Lipinski definition) is 4. The highest BCUT2D eigenvalue weighted by molar-refractivity contribution is 7.80. The summed E-state index contributed by atoms with van der Waals surface area (Å²) in [5, 5.41) is 0. The van der Waals surface area contributed by atoms with Gasteiger partial charge in [0.15, 0.2) is 0 Å². The molecule has 0 fully saturated rings. The molecule has 0 aliphatic heterocycles. The van der Waals surface area contributed by atoms with Crippen molar-refractivity contribution in [2.24, 2.45) is 10.7 Å². The molecule has 0 aliphatic rings. The minimum atomic E-state index is -0.0725. The zero-order valence-electron chi connectivity index (χ0n) is 24.8. The second-order valence-corrected chi connectivity index (χ2v) is 10.4. The number of aliphatic imine (C=N–C) groups is 1. The van der Waals surface area contributed by atoms with Crippen LogP contribution in [-0.4, -0.2) is 17.4 Å². The molecule has 4 heteroatoms. The lowest BCUT2D eigenvalue weighted by Crippen LogP contribution is -2.18. The van der Waals surface area contributed by atoms with Crippen LogP contribution >= 0.6 is 12.6 Å². The van der Waals surface area contributed by atoms with E-state index in [0.29, 0.717) is 6.67 Å². The Morgan fingerprint density at radius 2 is 1.29 bits per heavy atom. The first-order chi connectivity index (χ1) is 19.9. The van der Waals surface area contributed by atoms with Crippen molar-refractivity contribution >= 4 is 18.3 Å². The molecule has 0 unspecified atom stereocenters. The second kappa shape index (κ2) is 15.7. The Morgan fingerprint density at radius 1 is 0.707 bits per heavy atom. The third-order valence-electron chi connectivity index (χ3n) is 6.87. The highest BCUT2D eigenvalue weighted by Gasteiger charge is 2.23. The van der Waals surface area contributed by atoms with E-state index in [-0.39, 0.29) is 5.41 Å². The third kappa shape index (κ3) is 8.75. The van der Waals surface area contributed by atoms with Crippen molar-refractivity contribution in [1.29, 1.82) is 0 Å². The molecule has 1 heterocycles. The summed E-state index contributed by atoms with van der Waals surface area (Å²) in [6.07, 6.45) is 3.69. The van der Waals surface area contributed by atoms with Crippen LogP contribution in [0.3, 0.4) is 0 Å². The van der Waals surface area contributed by atoms with Crippen molar-refractivity contribution in [2.45, 2.75) is 44.9 Å². The Labute approximate surface area is 251 Å². The van der Waals surface area contributed by atoms with Gasteiger partial charge < -0.3 is 5.73 Å². The van der Waals surface area contributed by atoms with Crippen LogP contribution in [-0.2, 0) is 5.41 Å². The first-order valence-electron chi connectivity index (χ1n) is 14.1. The van der Waals surface area contributed by atoms with Gasteiger partial charge in [-0.3, -0.25) is 9.98 Å². The SMILES string of the molecule is C/C(=N\CN)c1ccc(-c2ccccc2)cc1.CC.CC(C)(c1ccccc1)c1cc(S)cc(-c2cccnc2)c1. The highest BCUT2D eigenvalue weighted by atomic mass is 32.1. The van der Waals surface area contributed by atoms with Gasteiger partial charge in [0.2, 0.25) is 0 Å². The van der Waals surface area contributed by atoms with Crippen LogP contribution in [0.2, 0.25) is 0 Å². The predicted molar refractivity (Wildman–Crippen MR) is 180 cm³/mol. The Kier molecular flexibility index (Phi) is 12.1. The second-order valence-electron chi connectivity index (χ2n) is 9.87. The summed E-state index contributed by atoms with van der Waals surface area (Å²) < 4.78 is 0. The average Bonchev–Trinajstić information content (AvgIpc) is 3.03. The van der Waals surface area contributed by atoms with Crippen LogP contribution < -0.4 is 5.73 Å². The number of thiol groups is 1. The van der Waals surface area contributed by atoms with E-state index in [1.807, 2.05) is 51.2 Å². The molecule has 210 valence electrons. The van der Waals surface area contributed by atoms with E-state index in [4.69, 9.17) is 5.73 Å². The van der Waals surface area contributed by atoms with E-state index >= 15 is 0 Å². The molecule has 2 N–H and O–H groups in total. The zero-order chi connectivity index (χ0) is 29.7. The number of hydrogen-bond donors (Lipinski definition) is 2. The number of nitrogens with zero attached hydrogens (tertiary/aromatic N) is 2.